The minimum atomic E-state index is -0.814. The van der Waals surface area contributed by atoms with Crippen LogP contribution in [0.4, 0.5) is 0 Å². The van der Waals surface area contributed by atoms with Crippen molar-refractivity contribution in [2.75, 3.05) is 7.11 Å². The number of benzene rings is 2. The van der Waals surface area contributed by atoms with Crippen molar-refractivity contribution in [3.8, 4) is 5.75 Å². The van der Waals surface area contributed by atoms with Gasteiger partial charge in [0.05, 0.1) is 12.2 Å². The molecule has 4 rings (SSSR count). The summed E-state index contributed by atoms with van der Waals surface area (Å²) >= 11 is 1.54. The molecular weight excluding hydrogens is 412 g/mol. The molecule has 0 radical (unpaired) electrons. The number of thioether (sulfide) groups is 1. The second-order valence-corrected chi connectivity index (χ2v) is 8.78. The molecule has 2 aliphatic heterocycles. The molecule has 2 aliphatic rings. The van der Waals surface area contributed by atoms with Gasteiger partial charge in [0, 0.05) is 6.42 Å². The van der Waals surface area contributed by atoms with Gasteiger partial charge in [0.1, 0.15) is 17.7 Å². The van der Waals surface area contributed by atoms with E-state index in [4.69, 9.17) is 9.47 Å². The van der Waals surface area contributed by atoms with E-state index in [1.807, 2.05) is 54.6 Å². The van der Waals surface area contributed by atoms with Crippen LogP contribution in [0, 0.1) is 0 Å². The van der Waals surface area contributed by atoms with Crippen LogP contribution in [-0.4, -0.2) is 46.4 Å². The van der Waals surface area contributed by atoms with E-state index in [1.165, 1.54) is 0 Å². The molecule has 160 valence electrons. The van der Waals surface area contributed by atoms with Crippen molar-refractivity contribution >= 4 is 28.7 Å². The van der Waals surface area contributed by atoms with Gasteiger partial charge in [-0.05, 0) is 35.8 Å². The topological polar surface area (TPSA) is 68.2 Å². The van der Waals surface area contributed by atoms with Gasteiger partial charge >= 0.3 is 5.97 Å². The fourth-order valence-electron chi connectivity index (χ4n) is 3.67. The molecule has 1 amide bonds. The Morgan fingerprint density at radius 3 is 2.52 bits per heavy atom. The summed E-state index contributed by atoms with van der Waals surface area (Å²) in [4.78, 5) is 31.8. The maximum absolute atomic E-state index is 12.9. The van der Waals surface area contributed by atoms with Crippen LogP contribution in [0.3, 0.4) is 0 Å². The number of ether oxygens (including phenoxy) is 2. The predicted octanol–water partition coefficient (Wildman–Crippen LogP) is 3.61. The fourth-order valence-corrected chi connectivity index (χ4v) is 5.02. The average Bonchev–Trinajstić information content (AvgIpc) is 3.15. The highest BCUT2D eigenvalue weighted by Gasteiger charge is 2.56. The lowest BCUT2D eigenvalue weighted by molar-refractivity contribution is -0.161. The number of carbonyl (C=O) groups is 2. The molecule has 31 heavy (non-hydrogen) atoms. The second kappa shape index (κ2) is 8.98. The zero-order valence-electron chi connectivity index (χ0n) is 17.5. The lowest BCUT2D eigenvalue weighted by Gasteiger charge is -2.45. The molecule has 1 saturated heterocycles. The molecule has 0 N–H and O–H groups in total. The van der Waals surface area contributed by atoms with E-state index >= 15 is 0 Å². The number of carbonyl (C=O) groups excluding carboxylic acids is 2. The Bertz CT molecular complexity index is 1020. The lowest BCUT2D eigenvalue weighted by Crippen LogP contribution is -2.66. The first-order valence-corrected chi connectivity index (χ1v) is 10.9. The zero-order chi connectivity index (χ0) is 22.0. The summed E-state index contributed by atoms with van der Waals surface area (Å²) in [6.07, 6.45) is 0.680. The number of rotatable bonds is 8. The van der Waals surface area contributed by atoms with E-state index in [0.717, 1.165) is 21.9 Å². The third-order valence-electron chi connectivity index (χ3n) is 5.30. The molecular formula is C24H24N2O4S. The first-order chi connectivity index (χ1) is 15.0. The van der Waals surface area contributed by atoms with Crippen molar-refractivity contribution in [3.63, 3.8) is 0 Å². The molecule has 2 aromatic carbocycles. The van der Waals surface area contributed by atoms with Crippen LogP contribution in [0.25, 0.3) is 0 Å². The molecule has 3 unspecified atom stereocenters. The smallest absolute Gasteiger partial charge is 0.333 e. The van der Waals surface area contributed by atoms with E-state index in [0.29, 0.717) is 12.0 Å². The Hall–Kier alpha value is -3.06. The van der Waals surface area contributed by atoms with Crippen LogP contribution in [0.15, 0.2) is 71.7 Å². The highest BCUT2D eigenvalue weighted by atomic mass is 32.2. The Morgan fingerprint density at radius 1 is 1.16 bits per heavy atom. The molecule has 3 atom stereocenters. The summed E-state index contributed by atoms with van der Waals surface area (Å²) in [6.45, 7) is 5.79. The zero-order valence-corrected chi connectivity index (χ0v) is 18.3. The van der Waals surface area contributed by atoms with Crippen molar-refractivity contribution in [1.29, 1.82) is 0 Å². The SMILES string of the molecule is C=C(C)C(C(=O)OCc1ccc(OC)cc1)N1C(=O)C2N=C(Cc3ccccc3)SC21. The average molecular weight is 437 g/mol. The second-order valence-electron chi connectivity index (χ2n) is 7.59. The molecule has 0 spiro atoms. The van der Waals surface area contributed by atoms with Gasteiger partial charge in [-0.25, -0.2) is 4.79 Å². The summed E-state index contributed by atoms with van der Waals surface area (Å²) in [5.41, 5.74) is 2.55. The summed E-state index contributed by atoms with van der Waals surface area (Å²) in [5.74, 6) is 0.0962. The molecule has 7 heteroatoms. The number of fused-ring (bicyclic) bond motifs is 1. The van der Waals surface area contributed by atoms with Crippen LogP contribution in [0.1, 0.15) is 18.1 Å². The van der Waals surface area contributed by atoms with Crippen LogP contribution in [0.5, 0.6) is 5.75 Å². The number of β-lactam (4-membered cyclic amide) rings is 1. The van der Waals surface area contributed by atoms with Crippen LogP contribution >= 0.6 is 11.8 Å². The summed E-state index contributed by atoms with van der Waals surface area (Å²) < 4.78 is 10.7. The predicted molar refractivity (Wildman–Crippen MR) is 121 cm³/mol. The van der Waals surface area contributed by atoms with E-state index in [9.17, 15) is 9.59 Å². The van der Waals surface area contributed by atoms with Crippen molar-refractivity contribution in [2.24, 2.45) is 4.99 Å². The van der Waals surface area contributed by atoms with Gasteiger partial charge < -0.3 is 14.4 Å². The third-order valence-corrected chi connectivity index (χ3v) is 6.55. The number of aliphatic imine (C=N–C) groups is 1. The van der Waals surface area contributed by atoms with E-state index < -0.39 is 18.1 Å². The first kappa shape index (κ1) is 21.2. The van der Waals surface area contributed by atoms with E-state index in [2.05, 4.69) is 11.6 Å². The number of hydrogen-bond donors (Lipinski definition) is 0. The molecule has 6 nitrogen and oxygen atoms in total. The van der Waals surface area contributed by atoms with Gasteiger partial charge in [-0.15, -0.1) is 0 Å². The maximum Gasteiger partial charge on any atom is 0.333 e. The highest BCUT2D eigenvalue weighted by Crippen LogP contribution is 2.42. The molecule has 2 heterocycles. The van der Waals surface area contributed by atoms with Crippen molar-refractivity contribution in [2.45, 2.75) is 37.4 Å². The van der Waals surface area contributed by atoms with Gasteiger partial charge in [0.2, 0.25) is 0 Å². The number of methoxy groups -OCH3 is 1. The Morgan fingerprint density at radius 2 is 1.87 bits per heavy atom. The Labute approximate surface area is 185 Å². The number of nitrogens with zero attached hydrogens (tertiary/aromatic N) is 2. The third kappa shape index (κ3) is 4.37. The fraction of sp³-hybridized carbons (Fsp3) is 0.292. The minimum absolute atomic E-state index is 0.117. The molecule has 0 aliphatic carbocycles. The molecule has 0 bridgehead atoms. The van der Waals surface area contributed by atoms with Gasteiger partial charge in [-0.1, -0.05) is 60.8 Å². The van der Waals surface area contributed by atoms with E-state index in [1.54, 1.807) is 30.7 Å². The van der Waals surface area contributed by atoms with Crippen molar-refractivity contribution in [3.05, 3.63) is 77.9 Å². The Balaban J connectivity index is 1.40. The van der Waals surface area contributed by atoms with Crippen molar-refractivity contribution < 1.29 is 19.1 Å². The monoisotopic (exact) mass is 436 g/mol. The molecule has 2 aromatic rings. The van der Waals surface area contributed by atoms with Crippen LogP contribution in [0.2, 0.25) is 0 Å². The normalized spacial score (nSPS) is 20.4. The number of esters is 1. The van der Waals surface area contributed by atoms with E-state index in [-0.39, 0.29) is 17.9 Å². The highest BCUT2D eigenvalue weighted by molar-refractivity contribution is 8.14. The number of hydrogen-bond acceptors (Lipinski definition) is 6. The van der Waals surface area contributed by atoms with Gasteiger partial charge in [0.25, 0.3) is 5.91 Å². The van der Waals surface area contributed by atoms with Crippen molar-refractivity contribution in [1.82, 2.24) is 4.90 Å². The van der Waals surface area contributed by atoms with Crippen LogP contribution < -0.4 is 4.74 Å². The first-order valence-electron chi connectivity index (χ1n) is 10.0. The summed E-state index contributed by atoms with van der Waals surface area (Å²) in [5, 5.41) is 0.713. The number of likely N-dealkylation sites (tertiary alicyclic amines) is 1. The van der Waals surface area contributed by atoms with Gasteiger partial charge in [0.15, 0.2) is 12.1 Å². The van der Waals surface area contributed by atoms with Gasteiger partial charge in [-0.3, -0.25) is 9.79 Å². The van der Waals surface area contributed by atoms with Gasteiger partial charge in [-0.2, -0.15) is 0 Å². The Kier molecular flexibility index (Phi) is 6.13. The summed E-state index contributed by atoms with van der Waals surface area (Å²) in [6, 6.07) is 16.1. The van der Waals surface area contributed by atoms with Crippen LogP contribution in [-0.2, 0) is 27.4 Å². The minimum Gasteiger partial charge on any atom is -0.497 e. The molecule has 1 fully saturated rings. The lowest BCUT2D eigenvalue weighted by atomic mass is 10.00. The molecule has 0 saturated carbocycles. The largest absolute Gasteiger partial charge is 0.497 e. The standard InChI is InChI=1S/C24H24N2O4S/c1-15(2)21(24(28)30-14-17-9-11-18(29-3)12-10-17)26-22(27)20-23(26)31-19(25-20)13-16-7-5-4-6-8-16/h4-12,20-21,23H,1,13-14H2,2-3H3. The maximum atomic E-state index is 12.9. The summed E-state index contributed by atoms with van der Waals surface area (Å²) in [7, 11) is 1.60. The number of amides is 1. The molecule has 0 aromatic heterocycles. The quantitative estimate of drug-likeness (QED) is 0.359.